The highest BCUT2D eigenvalue weighted by Gasteiger charge is 2.17. The Kier molecular flexibility index (Phi) is 3.64. The highest BCUT2D eigenvalue weighted by Crippen LogP contribution is 2.28. The van der Waals surface area contributed by atoms with Crippen LogP contribution in [0.4, 0.5) is 8.78 Å². The number of benzene rings is 2. The van der Waals surface area contributed by atoms with E-state index in [0.29, 0.717) is 10.6 Å². The summed E-state index contributed by atoms with van der Waals surface area (Å²) in [5, 5.41) is 0.436. The molecule has 0 bridgehead atoms. The summed E-state index contributed by atoms with van der Waals surface area (Å²) in [6.45, 7) is 1.50. The van der Waals surface area contributed by atoms with Gasteiger partial charge in [-0.3, -0.25) is 0 Å². The van der Waals surface area contributed by atoms with Crippen LogP contribution in [0.15, 0.2) is 36.4 Å². The van der Waals surface area contributed by atoms with E-state index in [4.69, 9.17) is 17.3 Å². The van der Waals surface area contributed by atoms with Crippen LogP contribution >= 0.6 is 11.6 Å². The van der Waals surface area contributed by atoms with Crippen LogP contribution in [0.25, 0.3) is 0 Å². The van der Waals surface area contributed by atoms with Crippen LogP contribution in [0, 0.1) is 18.6 Å². The lowest BCUT2D eigenvalue weighted by Gasteiger charge is -2.15. The predicted octanol–water partition coefficient (Wildman–Crippen LogP) is 3.97. The third-order valence-corrected chi connectivity index (χ3v) is 3.20. The lowest BCUT2D eigenvalue weighted by atomic mass is 9.98. The number of hydrogen-bond donors (Lipinski definition) is 1. The smallest absolute Gasteiger partial charge is 0.128 e. The maximum Gasteiger partial charge on any atom is 0.128 e. The van der Waals surface area contributed by atoms with Crippen molar-refractivity contribution in [3.63, 3.8) is 0 Å². The molecule has 1 nitrogen and oxygen atoms in total. The fourth-order valence-electron chi connectivity index (χ4n) is 1.79. The third-order valence-electron chi connectivity index (χ3n) is 2.85. The average Bonchev–Trinajstić information content (AvgIpc) is 2.33. The van der Waals surface area contributed by atoms with Gasteiger partial charge in [0.1, 0.15) is 11.6 Å². The monoisotopic (exact) mass is 267 g/mol. The number of nitrogens with two attached hydrogens (primary N) is 1. The zero-order valence-corrected chi connectivity index (χ0v) is 10.5. The molecule has 1 unspecified atom stereocenters. The van der Waals surface area contributed by atoms with Crippen LogP contribution in [0.1, 0.15) is 22.7 Å². The molecule has 0 heterocycles. The minimum Gasteiger partial charge on any atom is -0.320 e. The highest BCUT2D eigenvalue weighted by atomic mass is 35.5. The largest absolute Gasteiger partial charge is 0.320 e. The zero-order chi connectivity index (χ0) is 13.3. The normalized spacial score (nSPS) is 12.5. The highest BCUT2D eigenvalue weighted by molar-refractivity contribution is 6.31. The third kappa shape index (κ3) is 2.37. The molecule has 0 aliphatic rings. The van der Waals surface area contributed by atoms with Gasteiger partial charge in [-0.2, -0.15) is 0 Å². The molecule has 2 aromatic carbocycles. The molecule has 0 amide bonds. The summed E-state index contributed by atoms with van der Waals surface area (Å²) >= 11 is 6.00. The van der Waals surface area contributed by atoms with E-state index in [1.54, 1.807) is 24.3 Å². The number of aryl methyl sites for hydroxylation is 1. The van der Waals surface area contributed by atoms with E-state index in [-0.39, 0.29) is 11.1 Å². The van der Waals surface area contributed by atoms with Crippen LogP contribution in [0.2, 0.25) is 5.02 Å². The molecule has 4 heteroatoms. The van der Waals surface area contributed by atoms with Gasteiger partial charge in [-0.15, -0.1) is 0 Å². The van der Waals surface area contributed by atoms with Crippen LogP contribution in [0.5, 0.6) is 0 Å². The molecule has 94 valence electrons. The first kappa shape index (κ1) is 13.0. The predicted molar refractivity (Wildman–Crippen MR) is 68.6 cm³/mol. The number of halogens is 3. The molecule has 1 atom stereocenters. The maximum absolute atomic E-state index is 13.8. The number of hydrogen-bond acceptors (Lipinski definition) is 1. The Morgan fingerprint density at radius 2 is 1.72 bits per heavy atom. The first-order chi connectivity index (χ1) is 8.50. The van der Waals surface area contributed by atoms with Crippen molar-refractivity contribution >= 4 is 11.6 Å². The van der Waals surface area contributed by atoms with E-state index in [1.165, 1.54) is 6.92 Å². The summed E-state index contributed by atoms with van der Waals surface area (Å²) in [5.41, 5.74) is 6.87. The SMILES string of the molecule is Cc1cc(F)c(C(N)c2ccccc2Cl)cc1F. The molecule has 0 aliphatic heterocycles. The van der Waals surface area contributed by atoms with E-state index in [1.807, 2.05) is 0 Å². The van der Waals surface area contributed by atoms with Crippen LogP contribution in [0.3, 0.4) is 0 Å². The summed E-state index contributed by atoms with van der Waals surface area (Å²) in [4.78, 5) is 0. The molecule has 2 aromatic rings. The summed E-state index contributed by atoms with van der Waals surface area (Å²) in [6, 6.07) is 8.35. The van der Waals surface area contributed by atoms with Gasteiger partial charge in [0, 0.05) is 10.6 Å². The minimum atomic E-state index is -0.784. The van der Waals surface area contributed by atoms with Crippen LogP contribution in [-0.4, -0.2) is 0 Å². The van der Waals surface area contributed by atoms with Gasteiger partial charge in [-0.25, -0.2) is 8.78 Å². The lowest BCUT2D eigenvalue weighted by molar-refractivity contribution is 0.571. The second kappa shape index (κ2) is 5.04. The Balaban J connectivity index is 2.50. The molecule has 0 aromatic heterocycles. The Bertz CT molecular complexity index is 584. The van der Waals surface area contributed by atoms with Crippen molar-refractivity contribution in [2.24, 2.45) is 5.73 Å². The lowest BCUT2D eigenvalue weighted by Crippen LogP contribution is -2.14. The molecule has 2 rings (SSSR count). The van der Waals surface area contributed by atoms with Gasteiger partial charge in [0.2, 0.25) is 0 Å². The first-order valence-electron chi connectivity index (χ1n) is 5.46. The van der Waals surface area contributed by atoms with Gasteiger partial charge in [0.05, 0.1) is 6.04 Å². The van der Waals surface area contributed by atoms with E-state index in [9.17, 15) is 8.78 Å². The van der Waals surface area contributed by atoms with Gasteiger partial charge in [0.25, 0.3) is 0 Å². The summed E-state index contributed by atoms with van der Waals surface area (Å²) in [5.74, 6) is -1.00. The van der Waals surface area contributed by atoms with Gasteiger partial charge in [-0.1, -0.05) is 29.8 Å². The Morgan fingerprint density at radius 1 is 1.06 bits per heavy atom. The van der Waals surface area contributed by atoms with Crippen LogP contribution < -0.4 is 5.73 Å². The number of rotatable bonds is 2. The summed E-state index contributed by atoms with van der Waals surface area (Å²) in [6.07, 6.45) is 0. The van der Waals surface area contributed by atoms with E-state index >= 15 is 0 Å². The van der Waals surface area contributed by atoms with Gasteiger partial charge in [0.15, 0.2) is 0 Å². The molecule has 0 saturated carbocycles. The van der Waals surface area contributed by atoms with Gasteiger partial charge in [-0.05, 0) is 36.2 Å². The minimum absolute atomic E-state index is 0.103. The van der Waals surface area contributed by atoms with Crippen LogP contribution in [-0.2, 0) is 0 Å². The topological polar surface area (TPSA) is 26.0 Å². The second-order valence-electron chi connectivity index (χ2n) is 4.12. The molecular formula is C14H12ClF2N. The fraction of sp³-hybridized carbons (Fsp3) is 0.143. The summed E-state index contributed by atoms with van der Waals surface area (Å²) in [7, 11) is 0. The average molecular weight is 268 g/mol. The van der Waals surface area contributed by atoms with Crippen molar-refractivity contribution in [2.45, 2.75) is 13.0 Å². The Morgan fingerprint density at radius 3 is 2.39 bits per heavy atom. The molecule has 18 heavy (non-hydrogen) atoms. The van der Waals surface area contributed by atoms with Crippen molar-refractivity contribution in [1.29, 1.82) is 0 Å². The Hall–Kier alpha value is -1.45. The van der Waals surface area contributed by atoms with E-state index in [0.717, 1.165) is 12.1 Å². The zero-order valence-electron chi connectivity index (χ0n) is 9.75. The molecule has 0 radical (unpaired) electrons. The maximum atomic E-state index is 13.8. The van der Waals surface area contributed by atoms with E-state index < -0.39 is 17.7 Å². The van der Waals surface area contributed by atoms with Crippen molar-refractivity contribution in [2.75, 3.05) is 0 Å². The van der Waals surface area contributed by atoms with Crippen molar-refractivity contribution in [1.82, 2.24) is 0 Å². The molecular weight excluding hydrogens is 256 g/mol. The van der Waals surface area contributed by atoms with Crippen molar-refractivity contribution in [3.8, 4) is 0 Å². The van der Waals surface area contributed by atoms with Crippen molar-refractivity contribution in [3.05, 3.63) is 69.7 Å². The fourth-order valence-corrected chi connectivity index (χ4v) is 2.05. The molecule has 0 saturated heterocycles. The van der Waals surface area contributed by atoms with Gasteiger partial charge < -0.3 is 5.73 Å². The standard InChI is InChI=1S/C14H12ClF2N/c1-8-6-13(17)10(7-12(8)16)14(18)9-4-2-3-5-11(9)15/h2-7,14H,18H2,1H3. The summed E-state index contributed by atoms with van der Waals surface area (Å²) < 4.78 is 27.3. The quantitative estimate of drug-likeness (QED) is 0.875. The molecule has 2 N–H and O–H groups in total. The van der Waals surface area contributed by atoms with E-state index in [2.05, 4.69) is 0 Å². The van der Waals surface area contributed by atoms with Crippen molar-refractivity contribution < 1.29 is 8.78 Å². The molecule has 0 aliphatic carbocycles. The van der Waals surface area contributed by atoms with Gasteiger partial charge >= 0.3 is 0 Å². The second-order valence-corrected chi connectivity index (χ2v) is 4.53. The first-order valence-corrected chi connectivity index (χ1v) is 5.84. The molecule has 0 fully saturated rings. The molecule has 0 spiro atoms. The Labute approximate surface area is 109 Å².